The minimum Gasteiger partial charge on any atom is -0.497 e. The Labute approximate surface area is 167 Å². The molecule has 0 radical (unpaired) electrons. The number of nitrogens with one attached hydrogen (secondary N) is 1. The standard InChI is InChI=1S/C20H20ClNO6/c1-3-9-27-20(25)16-11-14(7-8-17(16)21)22-18(23)12-28-19(24)13-5-4-6-15(10-13)26-2/h4-8,10-11H,3,9,12H2,1-2H3,(H,22,23). The molecule has 0 unspecified atom stereocenters. The maximum absolute atomic E-state index is 12.0. The van der Waals surface area contributed by atoms with Gasteiger partial charge in [-0.25, -0.2) is 9.59 Å². The first kappa shape index (κ1) is 21.2. The summed E-state index contributed by atoms with van der Waals surface area (Å²) in [7, 11) is 1.48. The molecular formula is C20H20ClNO6. The lowest BCUT2D eigenvalue weighted by Crippen LogP contribution is -2.21. The Morgan fingerprint density at radius 1 is 1.04 bits per heavy atom. The van der Waals surface area contributed by atoms with Gasteiger partial charge in [-0.3, -0.25) is 4.79 Å². The van der Waals surface area contributed by atoms with Crippen LogP contribution in [0.2, 0.25) is 5.02 Å². The molecule has 1 N–H and O–H groups in total. The maximum atomic E-state index is 12.0. The van der Waals surface area contributed by atoms with Crippen molar-refractivity contribution in [2.24, 2.45) is 0 Å². The highest BCUT2D eigenvalue weighted by Crippen LogP contribution is 2.21. The molecule has 0 bridgehead atoms. The molecule has 8 heteroatoms. The number of esters is 2. The number of ether oxygens (including phenoxy) is 3. The van der Waals surface area contributed by atoms with Gasteiger partial charge in [0.05, 0.1) is 29.9 Å². The largest absolute Gasteiger partial charge is 0.497 e. The topological polar surface area (TPSA) is 90.9 Å². The highest BCUT2D eigenvalue weighted by atomic mass is 35.5. The summed E-state index contributed by atoms with van der Waals surface area (Å²) in [5.74, 6) is -1.30. The Hall–Kier alpha value is -3.06. The van der Waals surface area contributed by atoms with Crippen LogP contribution in [0, 0.1) is 0 Å². The normalized spacial score (nSPS) is 10.1. The number of hydrogen-bond acceptors (Lipinski definition) is 6. The Morgan fingerprint density at radius 2 is 1.82 bits per heavy atom. The Balaban J connectivity index is 1.95. The SMILES string of the molecule is CCCOC(=O)c1cc(NC(=O)COC(=O)c2cccc(OC)c2)ccc1Cl. The summed E-state index contributed by atoms with van der Waals surface area (Å²) >= 11 is 6.01. The van der Waals surface area contributed by atoms with E-state index in [4.69, 9.17) is 25.8 Å². The van der Waals surface area contributed by atoms with Gasteiger partial charge in [0, 0.05) is 5.69 Å². The van der Waals surface area contributed by atoms with Crippen LogP contribution in [0.1, 0.15) is 34.1 Å². The summed E-state index contributed by atoms with van der Waals surface area (Å²) in [5, 5.41) is 2.75. The minimum absolute atomic E-state index is 0.140. The number of carbonyl (C=O) groups is 3. The van der Waals surface area contributed by atoms with E-state index in [0.29, 0.717) is 17.9 Å². The molecular weight excluding hydrogens is 386 g/mol. The minimum atomic E-state index is -0.658. The number of amides is 1. The third kappa shape index (κ3) is 5.99. The molecule has 0 saturated carbocycles. The molecule has 0 heterocycles. The van der Waals surface area contributed by atoms with Gasteiger partial charge in [-0.15, -0.1) is 0 Å². The molecule has 2 aromatic carbocycles. The second kappa shape index (κ2) is 10.3. The molecule has 0 saturated heterocycles. The van der Waals surface area contributed by atoms with Crippen molar-refractivity contribution >= 4 is 35.1 Å². The van der Waals surface area contributed by atoms with Crippen molar-refractivity contribution in [3.05, 3.63) is 58.6 Å². The lowest BCUT2D eigenvalue weighted by Gasteiger charge is -2.10. The smallest absolute Gasteiger partial charge is 0.339 e. The average molecular weight is 406 g/mol. The first-order chi connectivity index (χ1) is 13.4. The van der Waals surface area contributed by atoms with Gasteiger partial charge >= 0.3 is 11.9 Å². The zero-order chi connectivity index (χ0) is 20.5. The highest BCUT2D eigenvalue weighted by Gasteiger charge is 2.15. The summed E-state index contributed by atoms with van der Waals surface area (Å²) < 4.78 is 15.1. The summed E-state index contributed by atoms with van der Waals surface area (Å²) in [5.41, 5.74) is 0.733. The summed E-state index contributed by atoms with van der Waals surface area (Å²) in [4.78, 5) is 36.1. The number of benzene rings is 2. The van der Waals surface area contributed by atoms with Gasteiger partial charge in [0.1, 0.15) is 5.75 Å². The van der Waals surface area contributed by atoms with E-state index in [-0.39, 0.29) is 22.8 Å². The fourth-order valence-corrected chi connectivity index (χ4v) is 2.39. The quantitative estimate of drug-likeness (QED) is 0.673. The van der Waals surface area contributed by atoms with Crippen LogP contribution < -0.4 is 10.1 Å². The molecule has 0 aliphatic carbocycles. The second-order valence-electron chi connectivity index (χ2n) is 5.69. The van der Waals surface area contributed by atoms with E-state index in [9.17, 15) is 14.4 Å². The van der Waals surface area contributed by atoms with Gasteiger partial charge in [-0.05, 0) is 42.8 Å². The van der Waals surface area contributed by atoms with Crippen LogP contribution in [-0.2, 0) is 14.3 Å². The van der Waals surface area contributed by atoms with E-state index in [1.165, 1.54) is 31.4 Å². The first-order valence-electron chi connectivity index (χ1n) is 8.52. The molecule has 148 valence electrons. The van der Waals surface area contributed by atoms with Gasteiger partial charge in [-0.2, -0.15) is 0 Å². The molecule has 0 fully saturated rings. The Morgan fingerprint density at radius 3 is 2.54 bits per heavy atom. The highest BCUT2D eigenvalue weighted by molar-refractivity contribution is 6.33. The fraction of sp³-hybridized carbons (Fsp3) is 0.250. The molecule has 1 amide bonds. The molecule has 0 aromatic heterocycles. The predicted octanol–water partition coefficient (Wildman–Crippen LogP) is 3.71. The van der Waals surface area contributed by atoms with Gasteiger partial charge < -0.3 is 19.5 Å². The van der Waals surface area contributed by atoms with Crippen LogP contribution in [0.25, 0.3) is 0 Å². The van der Waals surface area contributed by atoms with Gasteiger partial charge in [0.2, 0.25) is 0 Å². The molecule has 7 nitrogen and oxygen atoms in total. The van der Waals surface area contributed by atoms with E-state index in [0.717, 1.165) is 0 Å². The molecule has 0 spiro atoms. The molecule has 0 atom stereocenters. The zero-order valence-corrected chi connectivity index (χ0v) is 16.2. The van der Waals surface area contributed by atoms with Crippen molar-refractivity contribution in [3.63, 3.8) is 0 Å². The van der Waals surface area contributed by atoms with E-state index < -0.39 is 24.5 Å². The predicted molar refractivity (Wildman–Crippen MR) is 104 cm³/mol. The monoisotopic (exact) mass is 405 g/mol. The number of methoxy groups -OCH3 is 1. The third-order valence-corrected chi connectivity index (χ3v) is 3.88. The van der Waals surface area contributed by atoms with Gasteiger partial charge in [0.25, 0.3) is 5.91 Å². The molecule has 2 rings (SSSR count). The maximum Gasteiger partial charge on any atom is 0.339 e. The van der Waals surface area contributed by atoms with Crippen LogP contribution >= 0.6 is 11.6 Å². The Kier molecular flexibility index (Phi) is 7.83. The molecule has 2 aromatic rings. The van der Waals surface area contributed by atoms with Gasteiger partial charge in [0.15, 0.2) is 6.61 Å². The average Bonchev–Trinajstić information content (AvgIpc) is 2.71. The van der Waals surface area contributed by atoms with Crippen LogP contribution in [0.5, 0.6) is 5.75 Å². The van der Waals surface area contributed by atoms with Crippen molar-refractivity contribution in [2.45, 2.75) is 13.3 Å². The summed E-state index contributed by atoms with van der Waals surface area (Å²) in [6, 6.07) is 10.8. The van der Waals surface area contributed by atoms with Crippen molar-refractivity contribution in [1.82, 2.24) is 0 Å². The number of carbonyl (C=O) groups excluding carboxylic acids is 3. The van der Waals surface area contributed by atoms with Crippen LogP contribution in [0.4, 0.5) is 5.69 Å². The van der Waals surface area contributed by atoms with Crippen molar-refractivity contribution in [2.75, 3.05) is 25.6 Å². The third-order valence-electron chi connectivity index (χ3n) is 3.55. The van der Waals surface area contributed by atoms with E-state index in [1.54, 1.807) is 18.2 Å². The van der Waals surface area contributed by atoms with Gasteiger partial charge in [-0.1, -0.05) is 24.6 Å². The number of rotatable bonds is 8. The van der Waals surface area contributed by atoms with Crippen LogP contribution in [-0.4, -0.2) is 38.2 Å². The lowest BCUT2D eigenvalue weighted by molar-refractivity contribution is -0.119. The lowest BCUT2D eigenvalue weighted by atomic mass is 10.2. The zero-order valence-electron chi connectivity index (χ0n) is 15.5. The fourth-order valence-electron chi connectivity index (χ4n) is 2.19. The molecule has 0 aliphatic heterocycles. The molecule has 0 aliphatic rings. The van der Waals surface area contributed by atoms with E-state index in [1.807, 2.05) is 6.92 Å². The van der Waals surface area contributed by atoms with Crippen LogP contribution in [0.15, 0.2) is 42.5 Å². The number of hydrogen-bond donors (Lipinski definition) is 1. The molecule has 28 heavy (non-hydrogen) atoms. The number of anilines is 1. The van der Waals surface area contributed by atoms with Crippen molar-refractivity contribution in [3.8, 4) is 5.75 Å². The summed E-state index contributed by atoms with van der Waals surface area (Å²) in [6.45, 7) is 1.65. The van der Waals surface area contributed by atoms with Crippen LogP contribution in [0.3, 0.4) is 0 Å². The second-order valence-corrected chi connectivity index (χ2v) is 6.09. The number of halogens is 1. The first-order valence-corrected chi connectivity index (χ1v) is 8.90. The van der Waals surface area contributed by atoms with E-state index in [2.05, 4.69) is 5.32 Å². The van der Waals surface area contributed by atoms with E-state index >= 15 is 0 Å². The van der Waals surface area contributed by atoms with Crippen molar-refractivity contribution < 1.29 is 28.6 Å². The van der Waals surface area contributed by atoms with Crippen molar-refractivity contribution in [1.29, 1.82) is 0 Å². The summed E-state index contributed by atoms with van der Waals surface area (Å²) in [6.07, 6.45) is 0.679. The Bertz CT molecular complexity index is 868.